The topological polar surface area (TPSA) is 60.3 Å². The average Bonchev–Trinajstić information content (AvgIpc) is 3.21. The van der Waals surface area contributed by atoms with Gasteiger partial charge in [0.05, 0.1) is 13.7 Å². The van der Waals surface area contributed by atoms with E-state index in [2.05, 4.69) is 5.32 Å². The van der Waals surface area contributed by atoms with Crippen LogP contribution in [0.2, 0.25) is 0 Å². The molecule has 20 heavy (non-hydrogen) atoms. The predicted octanol–water partition coefficient (Wildman–Crippen LogP) is 1.85. The van der Waals surface area contributed by atoms with Gasteiger partial charge >= 0.3 is 5.97 Å². The number of hydrogen-bond acceptors (Lipinski definition) is 4. The van der Waals surface area contributed by atoms with Crippen LogP contribution in [0.15, 0.2) is 0 Å². The summed E-state index contributed by atoms with van der Waals surface area (Å²) < 4.78 is 6.68. The SMILES string of the molecule is CCn1c(C)c(C(=O)CNC2CC2)c(C)c1C(=O)OC. The largest absolute Gasteiger partial charge is 0.464 e. The van der Waals surface area contributed by atoms with E-state index in [1.807, 2.05) is 25.3 Å². The molecule has 110 valence electrons. The van der Waals surface area contributed by atoms with Gasteiger partial charge in [0, 0.05) is 23.8 Å². The monoisotopic (exact) mass is 278 g/mol. The van der Waals surface area contributed by atoms with E-state index in [0.717, 1.165) is 24.1 Å². The van der Waals surface area contributed by atoms with Gasteiger partial charge in [0.2, 0.25) is 0 Å². The molecule has 2 rings (SSSR count). The zero-order valence-corrected chi connectivity index (χ0v) is 12.6. The summed E-state index contributed by atoms with van der Waals surface area (Å²) in [7, 11) is 1.36. The van der Waals surface area contributed by atoms with E-state index in [4.69, 9.17) is 4.74 Å². The molecule has 1 aromatic heterocycles. The molecule has 1 N–H and O–H groups in total. The van der Waals surface area contributed by atoms with Crippen molar-refractivity contribution < 1.29 is 14.3 Å². The molecule has 1 aromatic rings. The lowest BCUT2D eigenvalue weighted by atomic mass is 10.1. The Morgan fingerprint density at radius 3 is 2.50 bits per heavy atom. The first-order chi connectivity index (χ1) is 9.51. The van der Waals surface area contributed by atoms with Crippen molar-refractivity contribution in [2.75, 3.05) is 13.7 Å². The van der Waals surface area contributed by atoms with Crippen LogP contribution in [0.4, 0.5) is 0 Å². The van der Waals surface area contributed by atoms with Crippen molar-refractivity contribution in [2.45, 2.75) is 46.2 Å². The van der Waals surface area contributed by atoms with Crippen LogP contribution in [-0.4, -0.2) is 36.0 Å². The minimum Gasteiger partial charge on any atom is -0.464 e. The first-order valence-corrected chi connectivity index (χ1v) is 7.05. The Hall–Kier alpha value is -1.62. The second-order valence-corrected chi connectivity index (χ2v) is 5.25. The Morgan fingerprint density at radius 2 is 2.00 bits per heavy atom. The summed E-state index contributed by atoms with van der Waals surface area (Å²) in [6, 6.07) is 0.493. The maximum atomic E-state index is 12.4. The smallest absolute Gasteiger partial charge is 0.354 e. The number of rotatable bonds is 6. The lowest BCUT2D eigenvalue weighted by Crippen LogP contribution is -2.25. The minimum atomic E-state index is -0.387. The van der Waals surface area contributed by atoms with Gasteiger partial charge in [-0.05, 0) is 39.2 Å². The molecule has 1 heterocycles. The molecule has 1 aliphatic carbocycles. The number of carbonyl (C=O) groups is 2. The number of ether oxygens (including phenoxy) is 1. The van der Waals surface area contributed by atoms with Crippen LogP contribution in [0.25, 0.3) is 0 Å². The van der Waals surface area contributed by atoms with Gasteiger partial charge in [0.25, 0.3) is 0 Å². The van der Waals surface area contributed by atoms with Gasteiger partial charge in [-0.2, -0.15) is 0 Å². The Balaban J connectivity index is 2.34. The molecule has 0 radical (unpaired) electrons. The van der Waals surface area contributed by atoms with E-state index in [1.54, 1.807) is 0 Å². The number of nitrogens with one attached hydrogen (secondary N) is 1. The second kappa shape index (κ2) is 5.79. The molecule has 0 aromatic carbocycles. The second-order valence-electron chi connectivity index (χ2n) is 5.25. The van der Waals surface area contributed by atoms with Crippen molar-refractivity contribution in [1.29, 1.82) is 0 Å². The van der Waals surface area contributed by atoms with Crippen molar-refractivity contribution in [3.05, 3.63) is 22.5 Å². The third kappa shape index (κ3) is 2.63. The number of nitrogens with zero attached hydrogens (tertiary/aromatic N) is 1. The zero-order valence-electron chi connectivity index (χ0n) is 12.6. The number of methoxy groups -OCH3 is 1. The third-order valence-electron chi connectivity index (χ3n) is 3.87. The molecular formula is C15H22N2O3. The Kier molecular flexibility index (Phi) is 4.28. The lowest BCUT2D eigenvalue weighted by molar-refractivity contribution is 0.0587. The standard InChI is InChI=1S/C15H22N2O3/c1-5-17-10(3)13(9(2)14(17)15(19)20-4)12(18)8-16-11-6-7-11/h11,16H,5-8H2,1-4H3. The number of carbonyl (C=O) groups excluding carboxylic acids is 2. The molecule has 0 spiro atoms. The molecule has 1 aliphatic rings. The molecule has 5 nitrogen and oxygen atoms in total. The highest BCUT2D eigenvalue weighted by Crippen LogP contribution is 2.24. The van der Waals surface area contributed by atoms with Crippen molar-refractivity contribution in [3.63, 3.8) is 0 Å². The Morgan fingerprint density at radius 1 is 1.35 bits per heavy atom. The van der Waals surface area contributed by atoms with Gasteiger partial charge in [-0.15, -0.1) is 0 Å². The van der Waals surface area contributed by atoms with Crippen LogP contribution < -0.4 is 5.32 Å². The summed E-state index contributed by atoms with van der Waals surface area (Å²) in [6.07, 6.45) is 2.29. The molecule has 0 unspecified atom stereocenters. The number of esters is 1. The highest BCUT2D eigenvalue weighted by atomic mass is 16.5. The predicted molar refractivity (Wildman–Crippen MR) is 76.3 cm³/mol. The molecular weight excluding hydrogens is 256 g/mol. The van der Waals surface area contributed by atoms with Crippen molar-refractivity contribution in [2.24, 2.45) is 0 Å². The fraction of sp³-hybridized carbons (Fsp3) is 0.600. The van der Waals surface area contributed by atoms with Crippen LogP contribution in [-0.2, 0) is 11.3 Å². The van der Waals surface area contributed by atoms with Crippen molar-refractivity contribution in [1.82, 2.24) is 9.88 Å². The van der Waals surface area contributed by atoms with Gasteiger partial charge in [-0.3, -0.25) is 4.79 Å². The molecule has 0 bridgehead atoms. The molecule has 5 heteroatoms. The average molecular weight is 278 g/mol. The van der Waals surface area contributed by atoms with E-state index in [-0.39, 0.29) is 11.8 Å². The van der Waals surface area contributed by atoms with Crippen molar-refractivity contribution in [3.8, 4) is 0 Å². The molecule has 0 aliphatic heterocycles. The molecule has 1 fully saturated rings. The summed E-state index contributed by atoms with van der Waals surface area (Å²) in [5.41, 5.74) is 2.70. The molecule has 1 saturated carbocycles. The van der Waals surface area contributed by atoms with E-state index >= 15 is 0 Å². The molecule has 0 amide bonds. The van der Waals surface area contributed by atoms with Crippen LogP contribution in [0.3, 0.4) is 0 Å². The molecule has 0 saturated heterocycles. The molecule has 0 atom stereocenters. The summed E-state index contributed by atoms with van der Waals surface area (Å²) in [6.45, 7) is 6.62. The van der Waals surface area contributed by atoms with Gasteiger partial charge in [0.15, 0.2) is 5.78 Å². The number of aromatic nitrogens is 1. The Bertz CT molecular complexity index is 542. The lowest BCUT2D eigenvalue weighted by Gasteiger charge is -2.07. The maximum Gasteiger partial charge on any atom is 0.354 e. The van der Waals surface area contributed by atoms with Crippen LogP contribution >= 0.6 is 0 Å². The van der Waals surface area contributed by atoms with Gasteiger partial charge < -0.3 is 14.6 Å². The van der Waals surface area contributed by atoms with Gasteiger partial charge in [-0.25, -0.2) is 4.79 Å². The first-order valence-electron chi connectivity index (χ1n) is 7.05. The fourth-order valence-corrected chi connectivity index (χ4v) is 2.67. The number of Topliss-reactive ketones (excluding diaryl/α,β-unsaturated/α-hetero) is 1. The highest BCUT2D eigenvalue weighted by Gasteiger charge is 2.27. The summed E-state index contributed by atoms with van der Waals surface area (Å²) in [5, 5.41) is 3.22. The Labute approximate surface area is 119 Å². The maximum absolute atomic E-state index is 12.4. The fourth-order valence-electron chi connectivity index (χ4n) is 2.67. The zero-order chi connectivity index (χ0) is 14.9. The summed E-state index contributed by atoms with van der Waals surface area (Å²) >= 11 is 0. The first kappa shape index (κ1) is 14.8. The quantitative estimate of drug-likeness (QED) is 0.637. The van der Waals surface area contributed by atoms with E-state index < -0.39 is 0 Å². The van der Waals surface area contributed by atoms with Crippen molar-refractivity contribution >= 4 is 11.8 Å². The summed E-state index contributed by atoms with van der Waals surface area (Å²) in [4.78, 5) is 24.3. The van der Waals surface area contributed by atoms with E-state index in [1.165, 1.54) is 7.11 Å². The third-order valence-corrected chi connectivity index (χ3v) is 3.87. The van der Waals surface area contributed by atoms with E-state index in [0.29, 0.717) is 30.4 Å². The van der Waals surface area contributed by atoms with Crippen LogP contribution in [0, 0.1) is 13.8 Å². The normalized spacial score (nSPS) is 14.4. The highest BCUT2D eigenvalue weighted by molar-refractivity contribution is 6.03. The minimum absolute atomic E-state index is 0.0456. The van der Waals surface area contributed by atoms with E-state index in [9.17, 15) is 9.59 Å². The van der Waals surface area contributed by atoms with Crippen LogP contribution in [0.5, 0.6) is 0 Å². The number of hydrogen-bond donors (Lipinski definition) is 1. The van der Waals surface area contributed by atoms with Crippen LogP contribution in [0.1, 0.15) is 51.9 Å². The summed E-state index contributed by atoms with van der Waals surface area (Å²) in [5.74, 6) is -0.342. The number of ketones is 1. The van der Waals surface area contributed by atoms with Gasteiger partial charge in [-0.1, -0.05) is 0 Å². The van der Waals surface area contributed by atoms with Gasteiger partial charge in [0.1, 0.15) is 5.69 Å².